The summed E-state index contributed by atoms with van der Waals surface area (Å²) in [5.41, 5.74) is 9.58. The number of aryl methyl sites for hydroxylation is 1. The van der Waals surface area contributed by atoms with Gasteiger partial charge in [0.1, 0.15) is 11.9 Å². The molecule has 0 aromatic carbocycles. The van der Waals surface area contributed by atoms with E-state index in [0.717, 1.165) is 5.57 Å². The molecule has 0 unspecified atom stereocenters. The van der Waals surface area contributed by atoms with Gasteiger partial charge in [-0.3, -0.25) is 14.8 Å². The second kappa shape index (κ2) is 5.72. The molecule has 1 aliphatic carbocycles. The van der Waals surface area contributed by atoms with E-state index in [2.05, 4.69) is 15.1 Å². The lowest BCUT2D eigenvalue weighted by Crippen LogP contribution is -2.21. The fraction of sp³-hybridized carbons (Fsp3) is 0.545. The van der Waals surface area contributed by atoms with Crippen LogP contribution in [0.5, 0.6) is 0 Å². The highest BCUT2D eigenvalue weighted by atomic mass is 16.6. The third kappa shape index (κ3) is 2.63. The van der Waals surface area contributed by atoms with Crippen LogP contribution in [-0.2, 0) is 7.05 Å². The summed E-state index contributed by atoms with van der Waals surface area (Å²) in [5.74, 6) is 0. The Bertz CT molecular complexity index is 601. The summed E-state index contributed by atoms with van der Waals surface area (Å²) in [7, 11) is 1.63. The molecule has 9 nitrogen and oxygen atoms in total. The molecule has 2 rings (SSSR count). The standard InChI is InChI=1S/C11H14N6O3/c1-16-11(9(6-13-16)17(19)20)7-2-4-8(14-15-12)10(18)5-3-7/h2,6,8,10,18H,3-5H2,1H3/t8-,10-/m1/s1. The van der Waals surface area contributed by atoms with Crippen LogP contribution >= 0.6 is 0 Å². The van der Waals surface area contributed by atoms with Crippen LogP contribution < -0.4 is 0 Å². The zero-order valence-corrected chi connectivity index (χ0v) is 10.9. The normalized spacial score (nSPS) is 22.6. The van der Waals surface area contributed by atoms with Crippen molar-refractivity contribution in [3.63, 3.8) is 0 Å². The Morgan fingerprint density at radius 1 is 1.70 bits per heavy atom. The van der Waals surface area contributed by atoms with Crippen molar-refractivity contribution in [2.24, 2.45) is 12.2 Å². The molecule has 0 radical (unpaired) electrons. The SMILES string of the molecule is Cn1ncc([N+](=O)[O-])c1C1=CC[C@@H](N=[N+]=[N-])[C@H](O)CC1. The van der Waals surface area contributed by atoms with Gasteiger partial charge >= 0.3 is 5.69 Å². The first kappa shape index (κ1) is 14.0. The topological polar surface area (TPSA) is 130 Å². The van der Waals surface area contributed by atoms with Crippen molar-refractivity contribution in [3.05, 3.63) is 38.5 Å². The van der Waals surface area contributed by atoms with Gasteiger partial charge in [-0.2, -0.15) is 5.10 Å². The highest BCUT2D eigenvalue weighted by molar-refractivity contribution is 5.70. The molecule has 1 aliphatic rings. The van der Waals surface area contributed by atoms with Gasteiger partial charge in [-0.15, -0.1) is 0 Å². The van der Waals surface area contributed by atoms with Crippen molar-refractivity contribution in [3.8, 4) is 0 Å². The van der Waals surface area contributed by atoms with E-state index in [-0.39, 0.29) is 5.69 Å². The van der Waals surface area contributed by atoms with Crippen LogP contribution in [0.4, 0.5) is 5.69 Å². The Labute approximate surface area is 114 Å². The number of rotatable bonds is 3. The summed E-state index contributed by atoms with van der Waals surface area (Å²) in [6.07, 6.45) is 3.45. The molecule has 0 aliphatic heterocycles. The first-order valence-corrected chi connectivity index (χ1v) is 6.12. The van der Waals surface area contributed by atoms with Crippen molar-refractivity contribution < 1.29 is 10.0 Å². The minimum atomic E-state index is -0.744. The molecule has 0 bridgehead atoms. The van der Waals surface area contributed by atoms with Gasteiger partial charge in [0.15, 0.2) is 0 Å². The number of aromatic nitrogens is 2. The van der Waals surface area contributed by atoms with Gasteiger partial charge in [-0.25, -0.2) is 0 Å². The van der Waals surface area contributed by atoms with Crippen LogP contribution in [0.3, 0.4) is 0 Å². The lowest BCUT2D eigenvalue weighted by Gasteiger charge is -2.13. The quantitative estimate of drug-likeness (QED) is 0.297. The summed E-state index contributed by atoms with van der Waals surface area (Å²) >= 11 is 0. The summed E-state index contributed by atoms with van der Waals surface area (Å²) in [4.78, 5) is 13.2. The number of hydrogen-bond acceptors (Lipinski definition) is 5. The summed E-state index contributed by atoms with van der Waals surface area (Å²) < 4.78 is 1.45. The second-order valence-electron chi connectivity index (χ2n) is 4.60. The number of hydrogen-bond donors (Lipinski definition) is 1. The first-order valence-electron chi connectivity index (χ1n) is 6.12. The lowest BCUT2D eigenvalue weighted by molar-refractivity contribution is -0.385. The molecular formula is C11H14N6O3. The molecule has 1 N–H and O–H groups in total. The Balaban J connectivity index is 2.36. The van der Waals surface area contributed by atoms with Crippen LogP contribution in [0, 0.1) is 10.1 Å². The van der Waals surface area contributed by atoms with E-state index < -0.39 is 17.1 Å². The van der Waals surface area contributed by atoms with Crippen molar-refractivity contribution in [1.29, 1.82) is 0 Å². The minimum Gasteiger partial charge on any atom is -0.393 e. The Morgan fingerprint density at radius 2 is 2.45 bits per heavy atom. The molecule has 1 aromatic heterocycles. The number of nitrogens with zero attached hydrogens (tertiary/aromatic N) is 6. The van der Waals surface area contributed by atoms with E-state index in [4.69, 9.17) is 5.53 Å². The Hall–Kier alpha value is -2.38. The fourth-order valence-corrected chi connectivity index (χ4v) is 2.36. The lowest BCUT2D eigenvalue weighted by atomic mass is 10.0. The second-order valence-corrected chi connectivity index (χ2v) is 4.60. The van der Waals surface area contributed by atoms with Crippen LogP contribution in [-0.4, -0.2) is 32.0 Å². The number of azide groups is 1. The maximum absolute atomic E-state index is 11.0. The molecule has 0 fully saturated rings. The number of aliphatic hydroxyl groups is 1. The largest absolute Gasteiger partial charge is 0.393 e. The van der Waals surface area contributed by atoms with Crippen LogP contribution in [0.1, 0.15) is 25.0 Å². The molecular weight excluding hydrogens is 264 g/mol. The van der Waals surface area contributed by atoms with E-state index in [0.29, 0.717) is 25.0 Å². The molecule has 20 heavy (non-hydrogen) atoms. The average Bonchev–Trinajstić information content (AvgIpc) is 2.70. The number of aliphatic hydroxyl groups excluding tert-OH is 1. The van der Waals surface area contributed by atoms with Gasteiger partial charge in [-0.1, -0.05) is 11.2 Å². The fourth-order valence-electron chi connectivity index (χ4n) is 2.36. The summed E-state index contributed by atoms with van der Waals surface area (Å²) in [6.45, 7) is 0. The third-order valence-electron chi connectivity index (χ3n) is 3.38. The molecule has 0 saturated carbocycles. The van der Waals surface area contributed by atoms with Gasteiger partial charge in [0.05, 0.1) is 17.1 Å². The van der Waals surface area contributed by atoms with Gasteiger partial charge in [0, 0.05) is 12.0 Å². The molecule has 106 valence electrons. The monoisotopic (exact) mass is 278 g/mol. The van der Waals surface area contributed by atoms with Crippen molar-refractivity contribution in [2.45, 2.75) is 31.4 Å². The summed E-state index contributed by atoms with van der Waals surface area (Å²) in [6, 6.07) is -0.537. The predicted octanol–water partition coefficient (Wildman–Crippen LogP) is 1.94. The molecule has 0 saturated heterocycles. The van der Waals surface area contributed by atoms with Gasteiger partial charge in [0.25, 0.3) is 0 Å². The molecule has 0 amide bonds. The van der Waals surface area contributed by atoms with Crippen LogP contribution in [0.15, 0.2) is 17.4 Å². The van der Waals surface area contributed by atoms with E-state index in [1.807, 2.05) is 0 Å². The van der Waals surface area contributed by atoms with Gasteiger partial charge < -0.3 is 5.11 Å². The molecule has 1 aromatic rings. The van der Waals surface area contributed by atoms with Crippen molar-refractivity contribution in [1.82, 2.24) is 9.78 Å². The first-order chi connectivity index (χ1) is 9.54. The number of nitro groups is 1. The summed E-state index contributed by atoms with van der Waals surface area (Å²) in [5, 5.41) is 28.4. The molecule has 1 heterocycles. The van der Waals surface area contributed by atoms with Crippen molar-refractivity contribution in [2.75, 3.05) is 0 Å². The van der Waals surface area contributed by atoms with E-state index in [1.165, 1.54) is 10.9 Å². The highest BCUT2D eigenvalue weighted by Crippen LogP contribution is 2.32. The predicted molar refractivity (Wildman–Crippen MR) is 70.6 cm³/mol. The Morgan fingerprint density at radius 3 is 3.10 bits per heavy atom. The smallest absolute Gasteiger partial charge is 0.314 e. The minimum absolute atomic E-state index is 0.0597. The van der Waals surface area contributed by atoms with E-state index >= 15 is 0 Å². The number of allylic oxidation sites excluding steroid dienone is 1. The van der Waals surface area contributed by atoms with Crippen LogP contribution in [0.25, 0.3) is 16.0 Å². The van der Waals surface area contributed by atoms with Gasteiger partial charge in [0.2, 0.25) is 0 Å². The third-order valence-corrected chi connectivity index (χ3v) is 3.38. The zero-order valence-electron chi connectivity index (χ0n) is 10.9. The van der Waals surface area contributed by atoms with E-state index in [1.54, 1.807) is 13.1 Å². The average molecular weight is 278 g/mol. The van der Waals surface area contributed by atoms with Crippen LogP contribution in [0.2, 0.25) is 0 Å². The maximum atomic E-state index is 11.0. The zero-order chi connectivity index (χ0) is 14.7. The molecule has 2 atom stereocenters. The molecule has 0 spiro atoms. The Kier molecular flexibility index (Phi) is 4.02. The van der Waals surface area contributed by atoms with Crippen molar-refractivity contribution >= 4 is 11.3 Å². The molecule has 9 heteroatoms. The van der Waals surface area contributed by atoms with Gasteiger partial charge in [-0.05, 0) is 30.4 Å². The van der Waals surface area contributed by atoms with E-state index in [9.17, 15) is 15.2 Å². The highest BCUT2D eigenvalue weighted by Gasteiger charge is 2.26. The maximum Gasteiger partial charge on any atom is 0.314 e.